The highest BCUT2D eigenvalue weighted by Crippen LogP contribution is 2.29. The molecule has 0 amide bonds. The lowest BCUT2D eigenvalue weighted by atomic mass is 9.87. The van der Waals surface area contributed by atoms with Gasteiger partial charge < -0.3 is 28.4 Å². The largest absolute Gasteiger partial charge is 0.466 e. The van der Waals surface area contributed by atoms with Gasteiger partial charge in [-0.05, 0) is 79.1 Å². The Morgan fingerprint density at radius 2 is 0.971 bits per heavy atom. The lowest BCUT2D eigenvalue weighted by molar-refractivity contribution is -0.151. The van der Waals surface area contributed by atoms with Gasteiger partial charge in [-0.25, -0.2) is 0 Å². The molecule has 2 atom stereocenters. The topological polar surface area (TPSA) is 89.5 Å². The number of methoxy groups -OCH3 is 2. The highest BCUT2D eigenvalue weighted by atomic mass is 16.5. The fourth-order valence-corrected chi connectivity index (χ4v) is 4.59. The minimum atomic E-state index is -0.0455. The summed E-state index contributed by atoms with van der Waals surface area (Å²) >= 11 is 0. The average molecular weight is 489 g/mol. The van der Waals surface area contributed by atoms with E-state index in [4.69, 9.17) is 28.4 Å². The first kappa shape index (κ1) is 30.8. The summed E-state index contributed by atoms with van der Waals surface area (Å²) in [5, 5.41) is 0. The van der Waals surface area contributed by atoms with Crippen molar-refractivity contribution < 1.29 is 38.0 Å². The molecule has 0 aromatic heterocycles. The second kappa shape index (κ2) is 18.1. The van der Waals surface area contributed by atoms with Crippen molar-refractivity contribution in [2.75, 3.05) is 40.6 Å². The normalized spacial score (nSPS) is 26.5. The first-order chi connectivity index (χ1) is 16.3. The van der Waals surface area contributed by atoms with Gasteiger partial charge in [-0.1, -0.05) is 0 Å². The Labute approximate surface area is 206 Å². The maximum absolute atomic E-state index is 11.5. The highest BCUT2D eigenvalue weighted by Gasteiger charge is 2.29. The molecule has 2 aliphatic rings. The number of hydrogen-bond donors (Lipinski definition) is 0. The molecule has 0 heterocycles. The molecule has 0 aromatic rings. The van der Waals surface area contributed by atoms with Crippen molar-refractivity contribution in [2.24, 2.45) is 11.8 Å². The summed E-state index contributed by atoms with van der Waals surface area (Å²) in [6.07, 6.45) is 8.08. The minimum Gasteiger partial charge on any atom is -0.466 e. The van der Waals surface area contributed by atoms with Crippen LogP contribution in [0, 0.1) is 11.8 Å². The van der Waals surface area contributed by atoms with Crippen molar-refractivity contribution in [2.45, 2.75) is 103 Å². The van der Waals surface area contributed by atoms with E-state index in [2.05, 4.69) is 0 Å². The number of ether oxygens (including phenoxy) is 6. The zero-order chi connectivity index (χ0) is 25.3. The molecule has 8 nitrogen and oxygen atoms in total. The summed E-state index contributed by atoms with van der Waals surface area (Å²) in [6, 6.07) is 0. The predicted molar refractivity (Wildman–Crippen MR) is 130 cm³/mol. The van der Waals surface area contributed by atoms with Crippen LogP contribution >= 0.6 is 0 Å². The van der Waals surface area contributed by atoms with Crippen molar-refractivity contribution in [3.8, 4) is 0 Å². The van der Waals surface area contributed by atoms with Gasteiger partial charge in [-0.3, -0.25) is 9.59 Å². The molecule has 2 saturated carbocycles. The molecule has 0 radical (unpaired) electrons. The molecule has 2 fully saturated rings. The molecule has 0 aliphatic heterocycles. The quantitative estimate of drug-likeness (QED) is 0.375. The number of carbonyl (C=O) groups excluding carboxylic acids is 2. The van der Waals surface area contributed by atoms with E-state index in [0.29, 0.717) is 26.4 Å². The summed E-state index contributed by atoms with van der Waals surface area (Å²) in [7, 11) is 3.36. The van der Waals surface area contributed by atoms with Gasteiger partial charge in [-0.15, -0.1) is 0 Å². The van der Waals surface area contributed by atoms with E-state index >= 15 is 0 Å². The maximum atomic E-state index is 11.5. The number of esters is 2. The summed E-state index contributed by atoms with van der Waals surface area (Å²) in [4.78, 5) is 23.1. The molecular weight excluding hydrogens is 440 g/mol. The van der Waals surface area contributed by atoms with Crippen LogP contribution in [0.15, 0.2) is 0 Å². The summed E-state index contributed by atoms with van der Waals surface area (Å²) in [6.45, 7) is 9.91. The molecule has 200 valence electrons. The zero-order valence-electron chi connectivity index (χ0n) is 22.2. The third kappa shape index (κ3) is 12.5. The Kier molecular flexibility index (Phi) is 16.4. The molecular formula is C26H48O8. The Morgan fingerprint density at radius 3 is 1.24 bits per heavy atom. The standard InChI is InChI=1S/2C13H24O4/c2*1-4-16-13(14)11-5-7-12(8-6-11)17-10(2)9-15-3/h2*10-12H,4-9H2,1-3H3. The van der Waals surface area contributed by atoms with Gasteiger partial charge >= 0.3 is 11.9 Å². The van der Waals surface area contributed by atoms with E-state index in [1.54, 1.807) is 14.2 Å². The third-order valence-electron chi connectivity index (χ3n) is 6.24. The molecule has 0 N–H and O–H groups in total. The van der Waals surface area contributed by atoms with Gasteiger partial charge in [0.25, 0.3) is 0 Å². The predicted octanol–water partition coefficient (Wildman–Crippen LogP) is 4.32. The van der Waals surface area contributed by atoms with Crippen molar-refractivity contribution in [3.05, 3.63) is 0 Å². The van der Waals surface area contributed by atoms with E-state index in [1.165, 1.54) is 0 Å². The molecule has 34 heavy (non-hydrogen) atoms. The van der Waals surface area contributed by atoms with Crippen LogP contribution in [0.1, 0.15) is 79.1 Å². The smallest absolute Gasteiger partial charge is 0.308 e. The van der Waals surface area contributed by atoms with Gasteiger partial charge in [0.15, 0.2) is 0 Å². The van der Waals surface area contributed by atoms with Crippen molar-refractivity contribution >= 4 is 11.9 Å². The number of hydrogen-bond acceptors (Lipinski definition) is 8. The van der Waals surface area contributed by atoms with Crippen molar-refractivity contribution in [1.29, 1.82) is 0 Å². The molecule has 0 saturated heterocycles. The lowest BCUT2D eigenvalue weighted by Gasteiger charge is -2.29. The fraction of sp³-hybridized carbons (Fsp3) is 0.923. The Balaban J connectivity index is 0.000000340. The number of carbonyl (C=O) groups is 2. The van der Waals surface area contributed by atoms with E-state index in [-0.39, 0.29) is 48.2 Å². The molecule has 0 spiro atoms. The van der Waals surface area contributed by atoms with Crippen LogP contribution in [-0.2, 0) is 38.0 Å². The van der Waals surface area contributed by atoms with Crippen LogP contribution in [-0.4, -0.2) is 77.0 Å². The maximum Gasteiger partial charge on any atom is 0.308 e. The van der Waals surface area contributed by atoms with Crippen LogP contribution in [0.3, 0.4) is 0 Å². The second-order valence-corrected chi connectivity index (χ2v) is 9.26. The van der Waals surface area contributed by atoms with Crippen LogP contribution < -0.4 is 0 Å². The SMILES string of the molecule is CCOC(=O)C1CCC(OC(C)COC)CC1.CCOC(=O)C1CCC(OC(C)COC)CC1. The molecule has 0 bridgehead atoms. The van der Waals surface area contributed by atoms with Crippen LogP contribution in [0.4, 0.5) is 0 Å². The van der Waals surface area contributed by atoms with Crippen molar-refractivity contribution in [1.82, 2.24) is 0 Å². The summed E-state index contributed by atoms with van der Waals surface area (Å²) < 4.78 is 31.8. The van der Waals surface area contributed by atoms with Gasteiger partial charge in [0.1, 0.15) is 0 Å². The Morgan fingerprint density at radius 1 is 0.647 bits per heavy atom. The Bertz CT molecular complexity index is 491. The van der Waals surface area contributed by atoms with Gasteiger partial charge in [-0.2, -0.15) is 0 Å². The van der Waals surface area contributed by atoms with E-state index in [0.717, 1.165) is 51.4 Å². The van der Waals surface area contributed by atoms with E-state index in [9.17, 15) is 9.59 Å². The van der Waals surface area contributed by atoms with Crippen molar-refractivity contribution in [3.63, 3.8) is 0 Å². The first-order valence-corrected chi connectivity index (χ1v) is 13.0. The summed E-state index contributed by atoms with van der Waals surface area (Å²) in [5.41, 5.74) is 0. The van der Waals surface area contributed by atoms with Crippen LogP contribution in [0.5, 0.6) is 0 Å². The molecule has 2 rings (SSSR count). The second-order valence-electron chi connectivity index (χ2n) is 9.26. The van der Waals surface area contributed by atoms with Gasteiger partial charge in [0.05, 0.1) is 62.7 Å². The summed E-state index contributed by atoms with van der Waals surface area (Å²) in [5.74, 6) is 0.0619. The minimum absolute atomic E-state index is 0.0455. The van der Waals surface area contributed by atoms with Crippen LogP contribution in [0.25, 0.3) is 0 Å². The molecule has 0 aromatic carbocycles. The monoisotopic (exact) mass is 488 g/mol. The van der Waals surface area contributed by atoms with Gasteiger partial charge in [0, 0.05) is 14.2 Å². The van der Waals surface area contributed by atoms with Crippen LogP contribution in [0.2, 0.25) is 0 Å². The fourth-order valence-electron chi connectivity index (χ4n) is 4.59. The average Bonchev–Trinajstić information content (AvgIpc) is 2.81. The van der Waals surface area contributed by atoms with E-state index in [1.807, 2.05) is 27.7 Å². The first-order valence-electron chi connectivity index (χ1n) is 13.0. The van der Waals surface area contributed by atoms with E-state index < -0.39 is 0 Å². The third-order valence-corrected chi connectivity index (χ3v) is 6.24. The lowest BCUT2D eigenvalue weighted by Crippen LogP contribution is -2.30. The van der Waals surface area contributed by atoms with Gasteiger partial charge in [0.2, 0.25) is 0 Å². The Hall–Kier alpha value is -1.22. The molecule has 2 unspecified atom stereocenters. The molecule has 2 aliphatic carbocycles. The molecule has 8 heteroatoms. The zero-order valence-corrected chi connectivity index (χ0v) is 22.2. The number of rotatable bonds is 12. The highest BCUT2D eigenvalue weighted by molar-refractivity contribution is 5.72.